The van der Waals surface area contributed by atoms with Crippen molar-refractivity contribution in [2.75, 3.05) is 0 Å². The molecule has 3 aromatic carbocycles. The summed E-state index contributed by atoms with van der Waals surface area (Å²) >= 11 is 0. The predicted octanol–water partition coefficient (Wildman–Crippen LogP) is 8.23. The van der Waals surface area contributed by atoms with Gasteiger partial charge >= 0.3 is 0 Å². The molecule has 1 radical (unpaired) electrons. The van der Waals surface area contributed by atoms with Gasteiger partial charge in [-0.25, -0.2) is 0 Å². The minimum atomic E-state index is 0. The van der Waals surface area contributed by atoms with Gasteiger partial charge in [-0.15, -0.1) is 53.1 Å². The fourth-order valence-corrected chi connectivity index (χ4v) is 4.17. The molecule has 0 bridgehead atoms. The molecule has 3 nitrogen and oxygen atoms in total. The summed E-state index contributed by atoms with van der Waals surface area (Å²) in [7, 11) is 0. The Morgan fingerprint density at radius 2 is 1.47 bits per heavy atom. The van der Waals surface area contributed by atoms with Crippen molar-refractivity contribution in [2.24, 2.45) is 0 Å². The summed E-state index contributed by atoms with van der Waals surface area (Å²) in [5.41, 5.74) is 10.4. The van der Waals surface area contributed by atoms with Gasteiger partial charge in [0.15, 0.2) is 0 Å². The SMILES string of the molecule is Cc1[c-]c(-c2cc(C)ccn2)c2oc3ccc(C)cc3c2c1.Cc1cc[c-]c(-c2ccccn2)c1.[Ir]. The second-order valence-electron chi connectivity index (χ2n) is 8.88. The maximum Gasteiger partial charge on any atom is 0.120 e. The largest absolute Gasteiger partial charge is 0.501 e. The third kappa shape index (κ3) is 5.46. The van der Waals surface area contributed by atoms with Crippen molar-refractivity contribution in [1.29, 1.82) is 0 Å². The molecular weight excluding hydrogens is 621 g/mol. The van der Waals surface area contributed by atoms with Gasteiger partial charge in [0.05, 0.1) is 5.58 Å². The van der Waals surface area contributed by atoms with Crippen molar-refractivity contribution in [3.63, 3.8) is 0 Å². The van der Waals surface area contributed by atoms with Crippen LogP contribution in [0.1, 0.15) is 22.3 Å². The van der Waals surface area contributed by atoms with Crippen LogP contribution in [0.15, 0.2) is 89.6 Å². The zero-order valence-electron chi connectivity index (χ0n) is 20.7. The summed E-state index contributed by atoms with van der Waals surface area (Å²) in [6, 6.07) is 31.0. The molecule has 0 aliphatic heterocycles. The molecule has 0 unspecified atom stereocenters. The number of benzene rings is 3. The predicted molar refractivity (Wildman–Crippen MR) is 143 cm³/mol. The van der Waals surface area contributed by atoms with Crippen LogP contribution >= 0.6 is 0 Å². The summed E-state index contributed by atoms with van der Waals surface area (Å²) < 4.78 is 6.12. The van der Waals surface area contributed by atoms with Crippen LogP contribution in [0.5, 0.6) is 0 Å². The average molecular weight is 647 g/mol. The molecule has 6 rings (SSSR count). The van der Waals surface area contributed by atoms with E-state index in [1.165, 1.54) is 16.7 Å². The van der Waals surface area contributed by atoms with Gasteiger partial charge in [-0.05, 0) is 49.5 Å². The van der Waals surface area contributed by atoms with E-state index in [0.717, 1.165) is 50.0 Å². The van der Waals surface area contributed by atoms with Gasteiger partial charge < -0.3 is 14.4 Å². The molecule has 36 heavy (non-hydrogen) atoms. The van der Waals surface area contributed by atoms with E-state index < -0.39 is 0 Å². The number of furan rings is 1. The number of nitrogens with zero attached hydrogens (tertiary/aromatic N) is 2. The van der Waals surface area contributed by atoms with Crippen molar-refractivity contribution >= 4 is 21.9 Å². The van der Waals surface area contributed by atoms with Crippen molar-refractivity contribution < 1.29 is 24.5 Å². The summed E-state index contributed by atoms with van der Waals surface area (Å²) in [4.78, 5) is 8.76. The topological polar surface area (TPSA) is 38.9 Å². The molecular formula is C32H26IrN2O-2. The van der Waals surface area contributed by atoms with E-state index in [1.807, 2.05) is 48.7 Å². The Morgan fingerprint density at radius 3 is 2.22 bits per heavy atom. The molecule has 0 spiro atoms. The standard InChI is InChI=1S/C20H16NO.C12H10N.Ir/c1-12-4-5-19-15(8-12)16-9-14(3)10-17(20(16)22-19)18-11-13(2)6-7-21-18;1-10-5-4-6-11(9-10)12-7-2-3-8-13-12;/h4-9,11H,1-3H3;2-5,7-9H,1H3;/q2*-1;. The van der Waals surface area contributed by atoms with Gasteiger partial charge in [0.25, 0.3) is 0 Å². The first-order chi connectivity index (χ1) is 17.0. The second-order valence-corrected chi connectivity index (χ2v) is 8.88. The Labute approximate surface area is 225 Å². The van der Waals surface area contributed by atoms with Crippen LogP contribution in [0.4, 0.5) is 0 Å². The zero-order chi connectivity index (χ0) is 24.4. The van der Waals surface area contributed by atoms with E-state index in [2.05, 4.69) is 80.1 Å². The van der Waals surface area contributed by atoms with Crippen molar-refractivity contribution in [3.8, 4) is 22.5 Å². The molecule has 3 aromatic heterocycles. The van der Waals surface area contributed by atoms with Crippen LogP contribution in [0.2, 0.25) is 0 Å². The molecule has 0 saturated carbocycles. The van der Waals surface area contributed by atoms with Crippen LogP contribution in [-0.2, 0) is 20.1 Å². The minimum absolute atomic E-state index is 0. The van der Waals surface area contributed by atoms with Crippen molar-refractivity contribution in [3.05, 3.63) is 120 Å². The molecule has 0 aliphatic rings. The van der Waals surface area contributed by atoms with Crippen LogP contribution in [-0.4, -0.2) is 9.97 Å². The van der Waals surface area contributed by atoms with Gasteiger partial charge in [-0.1, -0.05) is 60.2 Å². The van der Waals surface area contributed by atoms with Crippen LogP contribution in [0.3, 0.4) is 0 Å². The van der Waals surface area contributed by atoms with E-state index in [-0.39, 0.29) is 20.1 Å². The van der Waals surface area contributed by atoms with E-state index >= 15 is 0 Å². The molecule has 0 fully saturated rings. The summed E-state index contributed by atoms with van der Waals surface area (Å²) in [6.45, 7) is 8.30. The van der Waals surface area contributed by atoms with E-state index in [9.17, 15) is 0 Å². The van der Waals surface area contributed by atoms with Crippen molar-refractivity contribution in [1.82, 2.24) is 9.97 Å². The molecule has 3 heterocycles. The first kappa shape index (κ1) is 25.5. The van der Waals surface area contributed by atoms with E-state index in [0.29, 0.717) is 0 Å². The number of hydrogen-bond acceptors (Lipinski definition) is 3. The molecule has 0 atom stereocenters. The maximum absolute atomic E-state index is 6.12. The third-order valence-corrected chi connectivity index (χ3v) is 5.86. The molecule has 0 aliphatic carbocycles. The molecule has 181 valence electrons. The fraction of sp³-hybridized carbons (Fsp3) is 0.125. The van der Waals surface area contributed by atoms with Crippen molar-refractivity contribution in [2.45, 2.75) is 27.7 Å². The Morgan fingerprint density at radius 1 is 0.694 bits per heavy atom. The van der Waals surface area contributed by atoms with E-state index in [4.69, 9.17) is 4.42 Å². The zero-order valence-corrected chi connectivity index (χ0v) is 23.1. The first-order valence-corrected chi connectivity index (χ1v) is 11.7. The van der Waals surface area contributed by atoms with Gasteiger partial charge in [0, 0.05) is 37.9 Å². The second kappa shape index (κ2) is 11.0. The maximum atomic E-state index is 6.12. The minimum Gasteiger partial charge on any atom is -0.501 e. The monoisotopic (exact) mass is 647 g/mol. The van der Waals surface area contributed by atoms with Crippen LogP contribution in [0, 0.1) is 39.8 Å². The Bertz CT molecular complexity index is 1640. The van der Waals surface area contributed by atoms with Crippen LogP contribution < -0.4 is 0 Å². The first-order valence-electron chi connectivity index (χ1n) is 11.7. The number of pyridine rings is 2. The quantitative estimate of drug-likeness (QED) is 0.178. The smallest absolute Gasteiger partial charge is 0.120 e. The molecule has 4 heteroatoms. The van der Waals surface area contributed by atoms with Gasteiger partial charge in [0.1, 0.15) is 5.58 Å². The average Bonchev–Trinajstić information content (AvgIpc) is 3.22. The molecule has 0 N–H and O–H groups in total. The Hall–Kier alpha value is -3.59. The third-order valence-electron chi connectivity index (χ3n) is 5.86. The number of hydrogen-bond donors (Lipinski definition) is 0. The molecule has 0 saturated heterocycles. The number of fused-ring (bicyclic) bond motifs is 3. The van der Waals surface area contributed by atoms with Crippen LogP contribution in [0.25, 0.3) is 44.5 Å². The Balaban J connectivity index is 0.000000187. The molecule has 0 amide bonds. The Kier molecular flexibility index (Phi) is 7.78. The summed E-state index contributed by atoms with van der Waals surface area (Å²) in [5, 5.41) is 2.29. The van der Waals surface area contributed by atoms with Gasteiger partial charge in [-0.2, -0.15) is 0 Å². The summed E-state index contributed by atoms with van der Waals surface area (Å²) in [5.74, 6) is 0. The summed E-state index contributed by atoms with van der Waals surface area (Å²) in [6.07, 6.45) is 3.63. The number of aromatic nitrogens is 2. The fourth-order valence-electron chi connectivity index (χ4n) is 4.17. The molecule has 6 aromatic rings. The normalized spacial score (nSPS) is 10.6. The van der Waals surface area contributed by atoms with Gasteiger partial charge in [0.2, 0.25) is 0 Å². The van der Waals surface area contributed by atoms with E-state index in [1.54, 1.807) is 6.20 Å². The number of rotatable bonds is 2. The number of aryl methyl sites for hydroxylation is 4. The van der Waals surface area contributed by atoms with Gasteiger partial charge in [-0.3, -0.25) is 0 Å².